The highest BCUT2D eigenvalue weighted by atomic mass is 32.2. The summed E-state index contributed by atoms with van der Waals surface area (Å²) in [7, 11) is 2.08. The molecule has 8 nitrogen and oxygen atoms in total. The predicted octanol–water partition coefficient (Wildman–Crippen LogP) is 2.43. The molecule has 1 fully saturated rings. The molecule has 0 radical (unpaired) electrons. The number of aliphatic hydroxyl groups excluding tert-OH is 1. The first-order chi connectivity index (χ1) is 15.3. The molecule has 3 rings (SSSR count). The number of aliphatic carboxylic acids is 2. The van der Waals surface area contributed by atoms with Crippen LogP contribution in [0.1, 0.15) is 15.9 Å². The van der Waals surface area contributed by atoms with Gasteiger partial charge in [-0.15, -0.1) is 0 Å². The lowest BCUT2D eigenvalue weighted by atomic mass is 10.2. The summed E-state index contributed by atoms with van der Waals surface area (Å²) in [6, 6.07) is 15.5. The number of carbonyl (C=O) groups is 3. The van der Waals surface area contributed by atoms with Crippen molar-refractivity contribution in [3.05, 3.63) is 71.8 Å². The zero-order chi connectivity index (χ0) is 23.5. The molecule has 1 saturated heterocycles. The first-order valence-electron chi connectivity index (χ1n) is 9.89. The van der Waals surface area contributed by atoms with Gasteiger partial charge >= 0.3 is 11.9 Å². The van der Waals surface area contributed by atoms with Gasteiger partial charge in [-0.05, 0) is 30.8 Å². The number of piperazine rings is 1. The van der Waals surface area contributed by atoms with Crippen molar-refractivity contribution in [1.82, 2.24) is 9.80 Å². The standard InChI is InChI=1S/C19H22N2O2S.C4H4O4/c1-20-10-12-21(13-11-20)19(23)16-7-3-5-9-18(16)24-17-8-4-2-6-15(17)14-22;5-3(6)1-2-4(7)8/h2-9,22H,10-14H2,1H3;1-2H,(H,5,6)(H,7,8)/b;2-1-. The molecule has 1 aliphatic rings. The van der Waals surface area contributed by atoms with E-state index < -0.39 is 11.9 Å². The molecule has 1 amide bonds. The highest BCUT2D eigenvalue weighted by Gasteiger charge is 2.22. The second-order valence-electron chi connectivity index (χ2n) is 6.97. The van der Waals surface area contributed by atoms with Gasteiger partial charge in [0.1, 0.15) is 0 Å². The van der Waals surface area contributed by atoms with Gasteiger partial charge in [0.15, 0.2) is 0 Å². The van der Waals surface area contributed by atoms with Crippen LogP contribution in [0.2, 0.25) is 0 Å². The van der Waals surface area contributed by atoms with E-state index in [0.29, 0.717) is 12.2 Å². The number of hydrogen-bond donors (Lipinski definition) is 3. The number of amides is 1. The first-order valence-corrected chi connectivity index (χ1v) is 10.7. The Kier molecular flexibility index (Phi) is 9.93. The Labute approximate surface area is 190 Å². The van der Waals surface area contributed by atoms with Crippen molar-refractivity contribution in [2.45, 2.75) is 16.4 Å². The molecular weight excluding hydrogens is 432 g/mol. The van der Waals surface area contributed by atoms with Crippen molar-refractivity contribution >= 4 is 29.6 Å². The Hall–Kier alpha value is -3.14. The minimum atomic E-state index is -1.26. The molecule has 0 aliphatic carbocycles. The third-order valence-electron chi connectivity index (χ3n) is 4.64. The van der Waals surface area contributed by atoms with Crippen molar-refractivity contribution < 1.29 is 29.7 Å². The number of aliphatic hydroxyl groups is 1. The summed E-state index contributed by atoms with van der Waals surface area (Å²) in [6.07, 6.45) is 1.12. The maximum absolute atomic E-state index is 12.9. The van der Waals surface area contributed by atoms with Crippen LogP contribution < -0.4 is 0 Å². The average molecular weight is 459 g/mol. The summed E-state index contributed by atoms with van der Waals surface area (Å²) in [6.45, 7) is 3.35. The van der Waals surface area contributed by atoms with Gasteiger partial charge in [-0.2, -0.15) is 0 Å². The van der Waals surface area contributed by atoms with Crippen LogP contribution in [-0.4, -0.2) is 76.2 Å². The van der Waals surface area contributed by atoms with Crippen LogP contribution in [0.4, 0.5) is 0 Å². The third-order valence-corrected chi connectivity index (χ3v) is 5.83. The van der Waals surface area contributed by atoms with Crippen molar-refractivity contribution in [2.24, 2.45) is 0 Å². The summed E-state index contributed by atoms with van der Waals surface area (Å²) < 4.78 is 0. The number of carbonyl (C=O) groups excluding carboxylic acids is 1. The van der Waals surface area contributed by atoms with E-state index in [1.807, 2.05) is 53.4 Å². The fourth-order valence-corrected chi connectivity index (χ4v) is 3.97. The predicted molar refractivity (Wildman–Crippen MR) is 121 cm³/mol. The number of likely N-dealkylation sites (N-methyl/N-ethyl adjacent to an activating group) is 1. The van der Waals surface area contributed by atoms with E-state index in [1.165, 1.54) is 0 Å². The van der Waals surface area contributed by atoms with Gasteiger partial charge in [0, 0.05) is 48.1 Å². The van der Waals surface area contributed by atoms with Crippen LogP contribution in [0.15, 0.2) is 70.5 Å². The molecular formula is C23H26N2O6S. The number of rotatable bonds is 6. The Morgan fingerprint density at radius 2 is 1.41 bits per heavy atom. The van der Waals surface area contributed by atoms with Gasteiger partial charge in [-0.3, -0.25) is 4.79 Å². The number of hydrogen-bond acceptors (Lipinski definition) is 6. The van der Waals surface area contributed by atoms with Gasteiger partial charge in [0.2, 0.25) is 0 Å². The average Bonchev–Trinajstić information content (AvgIpc) is 2.79. The summed E-state index contributed by atoms with van der Waals surface area (Å²) >= 11 is 1.54. The number of nitrogens with zero attached hydrogens (tertiary/aromatic N) is 2. The van der Waals surface area contributed by atoms with Crippen molar-refractivity contribution in [3.63, 3.8) is 0 Å². The Balaban J connectivity index is 0.000000390. The lowest BCUT2D eigenvalue weighted by Crippen LogP contribution is -2.47. The minimum Gasteiger partial charge on any atom is -0.478 e. The quantitative estimate of drug-likeness (QED) is 0.565. The molecule has 0 atom stereocenters. The fraction of sp³-hybridized carbons (Fsp3) is 0.261. The highest BCUT2D eigenvalue weighted by Crippen LogP contribution is 2.33. The van der Waals surface area contributed by atoms with Crippen LogP contribution in [0.5, 0.6) is 0 Å². The summed E-state index contributed by atoms with van der Waals surface area (Å²) in [5.74, 6) is -2.42. The second-order valence-corrected chi connectivity index (χ2v) is 8.05. The molecule has 32 heavy (non-hydrogen) atoms. The van der Waals surface area contributed by atoms with Crippen molar-refractivity contribution in [2.75, 3.05) is 33.2 Å². The third kappa shape index (κ3) is 7.84. The molecule has 1 aliphatic heterocycles. The zero-order valence-electron chi connectivity index (χ0n) is 17.7. The van der Waals surface area contributed by atoms with Crippen LogP contribution in [0.3, 0.4) is 0 Å². The molecule has 0 saturated carbocycles. The molecule has 3 N–H and O–H groups in total. The zero-order valence-corrected chi connectivity index (χ0v) is 18.5. The molecule has 0 unspecified atom stereocenters. The fourth-order valence-electron chi connectivity index (χ4n) is 2.91. The van der Waals surface area contributed by atoms with E-state index in [1.54, 1.807) is 11.8 Å². The number of carboxylic acids is 2. The monoisotopic (exact) mass is 458 g/mol. The van der Waals surface area contributed by atoms with Gasteiger partial charge in [0.05, 0.1) is 12.2 Å². The summed E-state index contributed by atoms with van der Waals surface area (Å²) in [5, 5.41) is 25.1. The molecule has 1 heterocycles. The summed E-state index contributed by atoms with van der Waals surface area (Å²) in [5.41, 5.74) is 1.61. The topological polar surface area (TPSA) is 118 Å². The van der Waals surface area contributed by atoms with Crippen LogP contribution in [0.25, 0.3) is 0 Å². The molecule has 0 bridgehead atoms. The SMILES string of the molecule is CN1CCN(C(=O)c2ccccc2Sc2ccccc2CO)CC1.O=C(O)/C=C\C(=O)O. The maximum Gasteiger partial charge on any atom is 0.328 e. The molecule has 0 aromatic heterocycles. The van der Waals surface area contributed by atoms with E-state index in [0.717, 1.165) is 47.1 Å². The van der Waals surface area contributed by atoms with Crippen LogP contribution in [0, 0.1) is 0 Å². The first kappa shape index (κ1) is 25.1. The molecule has 9 heteroatoms. The Bertz CT molecular complexity index is 954. The highest BCUT2D eigenvalue weighted by molar-refractivity contribution is 7.99. The summed E-state index contributed by atoms with van der Waals surface area (Å²) in [4.78, 5) is 38.1. The lowest BCUT2D eigenvalue weighted by Gasteiger charge is -2.32. The van der Waals surface area contributed by atoms with Gasteiger partial charge in [-0.25, -0.2) is 9.59 Å². The second kappa shape index (κ2) is 12.7. The smallest absolute Gasteiger partial charge is 0.328 e. The van der Waals surface area contributed by atoms with Crippen molar-refractivity contribution in [3.8, 4) is 0 Å². The Morgan fingerprint density at radius 3 is 1.97 bits per heavy atom. The van der Waals surface area contributed by atoms with Gasteiger partial charge in [-0.1, -0.05) is 42.1 Å². The largest absolute Gasteiger partial charge is 0.478 e. The van der Waals surface area contributed by atoms with E-state index in [9.17, 15) is 19.5 Å². The van der Waals surface area contributed by atoms with E-state index in [4.69, 9.17) is 10.2 Å². The van der Waals surface area contributed by atoms with Crippen molar-refractivity contribution in [1.29, 1.82) is 0 Å². The number of benzene rings is 2. The van der Waals surface area contributed by atoms with Gasteiger partial charge < -0.3 is 25.1 Å². The van der Waals surface area contributed by atoms with Crippen LogP contribution >= 0.6 is 11.8 Å². The van der Waals surface area contributed by atoms with Gasteiger partial charge in [0.25, 0.3) is 5.91 Å². The molecule has 0 spiro atoms. The minimum absolute atomic E-state index is 0.00224. The van der Waals surface area contributed by atoms with E-state index in [-0.39, 0.29) is 12.5 Å². The lowest BCUT2D eigenvalue weighted by molar-refractivity contribution is -0.134. The molecule has 170 valence electrons. The molecule has 2 aromatic carbocycles. The van der Waals surface area contributed by atoms with Crippen LogP contribution in [-0.2, 0) is 16.2 Å². The number of carboxylic acid groups (broad SMARTS) is 2. The maximum atomic E-state index is 12.9. The van der Waals surface area contributed by atoms with E-state index >= 15 is 0 Å². The Morgan fingerprint density at radius 1 is 0.875 bits per heavy atom. The normalized spacial score (nSPS) is 14.0. The molecule has 2 aromatic rings. The van der Waals surface area contributed by atoms with E-state index in [2.05, 4.69) is 11.9 Å².